The van der Waals surface area contributed by atoms with E-state index in [1.165, 1.54) is 5.56 Å². The van der Waals surface area contributed by atoms with Gasteiger partial charge in [0.15, 0.2) is 0 Å². The molecule has 0 radical (unpaired) electrons. The number of nitrogens with one attached hydrogen (secondary N) is 1. The number of hydrogen-bond acceptors (Lipinski definition) is 2. The van der Waals surface area contributed by atoms with Crippen LogP contribution in [-0.4, -0.2) is 4.98 Å². The third-order valence-electron chi connectivity index (χ3n) is 2.52. The van der Waals surface area contributed by atoms with E-state index in [4.69, 9.17) is 0 Å². The van der Waals surface area contributed by atoms with Gasteiger partial charge in [-0.2, -0.15) is 0 Å². The topological polar surface area (TPSA) is 24.9 Å². The van der Waals surface area contributed by atoms with Crippen molar-refractivity contribution in [2.75, 3.05) is 5.32 Å². The van der Waals surface area contributed by atoms with Gasteiger partial charge in [-0.3, -0.25) is 4.98 Å². The summed E-state index contributed by atoms with van der Waals surface area (Å²) in [5, 5.41) is 3.40. The highest BCUT2D eigenvalue weighted by Gasteiger charge is 1.95. The van der Waals surface area contributed by atoms with Crippen molar-refractivity contribution < 1.29 is 0 Å². The van der Waals surface area contributed by atoms with Gasteiger partial charge in [-0.25, -0.2) is 0 Å². The standard InChI is InChI=1S/C14H16N2/c1-2-13-10-14(8-9-15-13)16-11-12-6-4-3-5-7-12/h3-10H,2,11H2,1H3,(H,15,16). The zero-order valence-corrected chi connectivity index (χ0v) is 9.48. The molecule has 16 heavy (non-hydrogen) atoms. The normalized spacial score (nSPS) is 10.1. The average molecular weight is 212 g/mol. The Bertz CT molecular complexity index is 437. The third kappa shape index (κ3) is 2.83. The predicted octanol–water partition coefficient (Wildman–Crippen LogP) is 3.26. The molecule has 2 heteroatoms. The molecular weight excluding hydrogens is 196 g/mol. The number of anilines is 1. The van der Waals surface area contributed by atoms with Crippen LogP contribution in [0.4, 0.5) is 5.69 Å². The van der Waals surface area contributed by atoms with Crippen molar-refractivity contribution in [3.8, 4) is 0 Å². The first-order chi connectivity index (χ1) is 7.88. The molecule has 1 aromatic carbocycles. The van der Waals surface area contributed by atoms with Gasteiger partial charge in [0.2, 0.25) is 0 Å². The summed E-state index contributed by atoms with van der Waals surface area (Å²) in [5.41, 5.74) is 3.55. The molecule has 2 rings (SSSR count). The number of nitrogens with zero attached hydrogens (tertiary/aromatic N) is 1. The zero-order chi connectivity index (χ0) is 11.2. The molecule has 0 unspecified atom stereocenters. The van der Waals surface area contributed by atoms with Crippen molar-refractivity contribution in [3.63, 3.8) is 0 Å². The maximum atomic E-state index is 4.27. The molecule has 0 fully saturated rings. The molecule has 2 nitrogen and oxygen atoms in total. The molecule has 0 amide bonds. The Balaban J connectivity index is 1.99. The quantitative estimate of drug-likeness (QED) is 0.841. The highest BCUT2D eigenvalue weighted by atomic mass is 14.9. The molecule has 82 valence electrons. The van der Waals surface area contributed by atoms with Crippen molar-refractivity contribution in [2.24, 2.45) is 0 Å². The molecule has 0 atom stereocenters. The molecule has 0 bridgehead atoms. The van der Waals surface area contributed by atoms with Crippen molar-refractivity contribution in [1.82, 2.24) is 4.98 Å². The summed E-state index contributed by atoms with van der Waals surface area (Å²) >= 11 is 0. The Morgan fingerprint density at radius 2 is 1.94 bits per heavy atom. The molecule has 1 aromatic heterocycles. The first-order valence-electron chi connectivity index (χ1n) is 5.61. The number of aryl methyl sites for hydroxylation is 1. The molecule has 2 aromatic rings. The largest absolute Gasteiger partial charge is 0.381 e. The Morgan fingerprint density at radius 3 is 2.69 bits per heavy atom. The fourth-order valence-corrected chi connectivity index (χ4v) is 1.58. The minimum Gasteiger partial charge on any atom is -0.381 e. The number of benzene rings is 1. The van der Waals surface area contributed by atoms with Crippen molar-refractivity contribution in [1.29, 1.82) is 0 Å². The summed E-state index contributed by atoms with van der Waals surface area (Å²) in [6.45, 7) is 2.97. The minimum absolute atomic E-state index is 0.855. The SMILES string of the molecule is CCc1cc(NCc2ccccc2)ccn1. The second kappa shape index (κ2) is 5.31. The van der Waals surface area contributed by atoms with Gasteiger partial charge in [-0.1, -0.05) is 37.3 Å². The summed E-state index contributed by atoms with van der Waals surface area (Å²) in [4.78, 5) is 4.27. The molecule has 0 aliphatic rings. The van der Waals surface area contributed by atoms with Crippen LogP contribution in [0, 0.1) is 0 Å². The fourth-order valence-electron chi connectivity index (χ4n) is 1.58. The van der Waals surface area contributed by atoms with E-state index >= 15 is 0 Å². The van der Waals surface area contributed by atoms with E-state index in [-0.39, 0.29) is 0 Å². The highest BCUT2D eigenvalue weighted by Crippen LogP contribution is 2.10. The molecule has 0 spiro atoms. The van der Waals surface area contributed by atoms with Crippen LogP contribution < -0.4 is 5.32 Å². The van der Waals surface area contributed by atoms with Crippen LogP contribution in [-0.2, 0) is 13.0 Å². The van der Waals surface area contributed by atoms with Gasteiger partial charge in [-0.15, -0.1) is 0 Å². The second-order valence-electron chi connectivity index (χ2n) is 3.73. The molecule has 0 aliphatic heterocycles. The summed E-state index contributed by atoms with van der Waals surface area (Å²) in [5.74, 6) is 0. The molecule has 1 heterocycles. The summed E-state index contributed by atoms with van der Waals surface area (Å²) in [6.07, 6.45) is 2.83. The smallest absolute Gasteiger partial charge is 0.0421 e. The van der Waals surface area contributed by atoms with Crippen LogP contribution in [0.3, 0.4) is 0 Å². The van der Waals surface area contributed by atoms with Gasteiger partial charge in [0.25, 0.3) is 0 Å². The third-order valence-corrected chi connectivity index (χ3v) is 2.52. The van der Waals surface area contributed by atoms with E-state index in [1.54, 1.807) is 0 Å². The van der Waals surface area contributed by atoms with Crippen LogP contribution >= 0.6 is 0 Å². The maximum Gasteiger partial charge on any atom is 0.0421 e. The zero-order valence-electron chi connectivity index (χ0n) is 9.48. The fraction of sp³-hybridized carbons (Fsp3) is 0.214. The molecule has 1 N–H and O–H groups in total. The summed E-state index contributed by atoms with van der Waals surface area (Å²) in [7, 11) is 0. The van der Waals surface area contributed by atoms with E-state index in [9.17, 15) is 0 Å². The molecule has 0 saturated heterocycles. The van der Waals surface area contributed by atoms with E-state index < -0.39 is 0 Å². The van der Waals surface area contributed by atoms with Crippen LogP contribution in [0.15, 0.2) is 48.7 Å². The predicted molar refractivity (Wildman–Crippen MR) is 67.4 cm³/mol. The van der Waals surface area contributed by atoms with Crippen LogP contribution in [0.5, 0.6) is 0 Å². The summed E-state index contributed by atoms with van der Waals surface area (Å²) in [6, 6.07) is 14.5. The molecule has 0 saturated carbocycles. The number of rotatable bonds is 4. The van der Waals surface area contributed by atoms with Gasteiger partial charge < -0.3 is 5.32 Å². The lowest BCUT2D eigenvalue weighted by Crippen LogP contribution is -2.00. The molecule has 0 aliphatic carbocycles. The number of aromatic nitrogens is 1. The van der Waals surface area contributed by atoms with Gasteiger partial charge >= 0.3 is 0 Å². The minimum atomic E-state index is 0.855. The van der Waals surface area contributed by atoms with Gasteiger partial charge in [-0.05, 0) is 24.1 Å². The van der Waals surface area contributed by atoms with E-state index in [1.807, 2.05) is 18.3 Å². The van der Waals surface area contributed by atoms with Crippen LogP contribution in [0.1, 0.15) is 18.2 Å². The Labute approximate surface area is 96.4 Å². The monoisotopic (exact) mass is 212 g/mol. The first kappa shape index (κ1) is 10.7. The van der Waals surface area contributed by atoms with Crippen molar-refractivity contribution in [2.45, 2.75) is 19.9 Å². The maximum absolute atomic E-state index is 4.27. The second-order valence-corrected chi connectivity index (χ2v) is 3.73. The van der Waals surface area contributed by atoms with Gasteiger partial charge in [0, 0.05) is 24.1 Å². The van der Waals surface area contributed by atoms with E-state index in [0.29, 0.717) is 0 Å². The lowest BCUT2D eigenvalue weighted by atomic mass is 10.2. The number of pyridine rings is 1. The van der Waals surface area contributed by atoms with Gasteiger partial charge in [0.05, 0.1) is 0 Å². The van der Waals surface area contributed by atoms with E-state index in [2.05, 4.69) is 47.6 Å². The lowest BCUT2D eigenvalue weighted by molar-refractivity contribution is 1.03. The average Bonchev–Trinajstić information content (AvgIpc) is 2.38. The molecular formula is C14H16N2. The summed E-state index contributed by atoms with van der Waals surface area (Å²) < 4.78 is 0. The highest BCUT2D eigenvalue weighted by molar-refractivity contribution is 5.43. The Hall–Kier alpha value is -1.83. The lowest BCUT2D eigenvalue weighted by Gasteiger charge is -2.07. The number of hydrogen-bond donors (Lipinski definition) is 1. The first-order valence-corrected chi connectivity index (χ1v) is 5.61. The van der Waals surface area contributed by atoms with Crippen molar-refractivity contribution in [3.05, 3.63) is 59.9 Å². The van der Waals surface area contributed by atoms with Crippen LogP contribution in [0.2, 0.25) is 0 Å². The van der Waals surface area contributed by atoms with Crippen LogP contribution in [0.25, 0.3) is 0 Å². The van der Waals surface area contributed by atoms with Crippen molar-refractivity contribution >= 4 is 5.69 Å². The Morgan fingerprint density at radius 1 is 1.12 bits per heavy atom. The Kier molecular flexibility index (Phi) is 3.54. The van der Waals surface area contributed by atoms with Gasteiger partial charge in [0.1, 0.15) is 0 Å². The van der Waals surface area contributed by atoms with E-state index in [0.717, 1.165) is 24.3 Å².